The maximum atomic E-state index is 12.4. The van der Waals surface area contributed by atoms with Crippen LogP contribution < -0.4 is 29.8 Å². The molecule has 0 saturated heterocycles. The van der Waals surface area contributed by atoms with Crippen molar-refractivity contribution < 1.29 is 23.7 Å². The van der Waals surface area contributed by atoms with Crippen molar-refractivity contribution in [2.45, 2.75) is 13.8 Å². The third kappa shape index (κ3) is 5.00. The minimum atomic E-state index is -0.426. The zero-order valence-electron chi connectivity index (χ0n) is 18.6. The first kappa shape index (κ1) is 22.7. The fourth-order valence-electron chi connectivity index (χ4n) is 3.00. The van der Waals surface area contributed by atoms with E-state index < -0.39 is 5.91 Å². The Hall–Kier alpha value is -4.01. The van der Waals surface area contributed by atoms with Crippen LogP contribution in [0.2, 0.25) is 0 Å². The fraction of sp³-hybridized carbons (Fsp3) is 0.261. The van der Waals surface area contributed by atoms with Crippen LogP contribution in [0.15, 0.2) is 47.3 Å². The normalized spacial score (nSPS) is 10.4. The SMILES string of the molecule is COc1cc(NC(=O)COc2ccc(=O)n(-c3ccc(C)c(C)c3)n2)cc(OC)c1OC. The first-order chi connectivity index (χ1) is 15.4. The molecule has 0 unspecified atom stereocenters. The van der Waals surface area contributed by atoms with Gasteiger partial charge < -0.3 is 24.3 Å². The molecule has 1 aromatic heterocycles. The van der Waals surface area contributed by atoms with Gasteiger partial charge in [0.05, 0.1) is 27.0 Å². The van der Waals surface area contributed by atoms with Crippen LogP contribution in [0.3, 0.4) is 0 Å². The summed E-state index contributed by atoms with van der Waals surface area (Å²) < 4.78 is 22.6. The molecule has 0 spiro atoms. The Kier molecular flexibility index (Phi) is 6.99. The number of hydrogen-bond donors (Lipinski definition) is 1. The van der Waals surface area contributed by atoms with Crippen molar-refractivity contribution in [2.75, 3.05) is 33.3 Å². The van der Waals surface area contributed by atoms with Gasteiger partial charge in [-0.2, -0.15) is 4.68 Å². The Morgan fingerprint density at radius 1 is 0.938 bits per heavy atom. The van der Waals surface area contributed by atoms with Crippen LogP contribution in [0.4, 0.5) is 5.69 Å². The first-order valence-electron chi connectivity index (χ1n) is 9.77. The van der Waals surface area contributed by atoms with E-state index >= 15 is 0 Å². The number of anilines is 1. The summed E-state index contributed by atoms with van der Waals surface area (Å²) in [5.74, 6) is 0.949. The molecule has 0 fully saturated rings. The molecule has 9 nitrogen and oxygen atoms in total. The zero-order chi connectivity index (χ0) is 23.3. The van der Waals surface area contributed by atoms with Gasteiger partial charge >= 0.3 is 0 Å². The van der Waals surface area contributed by atoms with Crippen molar-refractivity contribution in [3.63, 3.8) is 0 Å². The van der Waals surface area contributed by atoms with Crippen molar-refractivity contribution in [2.24, 2.45) is 0 Å². The Labute approximate surface area is 185 Å². The van der Waals surface area contributed by atoms with Gasteiger partial charge in [-0.3, -0.25) is 9.59 Å². The average Bonchev–Trinajstić information content (AvgIpc) is 2.79. The third-order valence-corrected chi connectivity index (χ3v) is 4.81. The number of nitrogens with zero attached hydrogens (tertiary/aromatic N) is 2. The van der Waals surface area contributed by atoms with E-state index in [1.54, 1.807) is 18.2 Å². The molecule has 3 aromatic rings. The Bertz CT molecular complexity index is 1160. The van der Waals surface area contributed by atoms with Crippen molar-refractivity contribution >= 4 is 11.6 Å². The van der Waals surface area contributed by atoms with Gasteiger partial charge in [0.15, 0.2) is 18.1 Å². The maximum Gasteiger partial charge on any atom is 0.271 e. The summed E-state index contributed by atoms with van der Waals surface area (Å²) in [5.41, 5.74) is 2.90. The maximum absolute atomic E-state index is 12.4. The lowest BCUT2D eigenvalue weighted by molar-refractivity contribution is -0.118. The molecule has 0 saturated carbocycles. The van der Waals surface area contributed by atoms with E-state index in [9.17, 15) is 9.59 Å². The predicted molar refractivity (Wildman–Crippen MR) is 120 cm³/mol. The number of hydrogen-bond acceptors (Lipinski definition) is 7. The number of amides is 1. The zero-order valence-corrected chi connectivity index (χ0v) is 18.6. The van der Waals surface area contributed by atoms with Crippen LogP contribution in [0.1, 0.15) is 11.1 Å². The molecule has 0 aliphatic heterocycles. The van der Waals surface area contributed by atoms with Gasteiger partial charge in [0.2, 0.25) is 11.6 Å². The summed E-state index contributed by atoms with van der Waals surface area (Å²) in [6, 6.07) is 11.6. The van der Waals surface area contributed by atoms with Crippen molar-refractivity contribution in [1.82, 2.24) is 9.78 Å². The van der Waals surface area contributed by atoms with E-state index in [2.05, 4.69) is 10.4 Å². The Morgan fingerprint density at radius 3 is 2.22 bits per heavy atom. The second kappa shape index (κ2) is 9.86. The summed E-state index contributed by atoms with van der Waals surface area (Å²) in [6.45, 7) is 3.63. The minimum Gasteiger partial charge on any atom is -0.493 e. The molecule has 3 rings (SSSR count). The third-order valence-electron chi connectivity index (χ3n) is 4.81. The Balaban J connectivity index is 1.73. The molecule has 0 radical (unpaired) electrons. The van der Waals surface area contributed by atoms with E-state index in [1.165, 1.54) is 38.1 Å². The number of ether oxygens (including phenoxy) is 4. The van der Waals surface area contributed by atoms with E-state index in [1.807, 2.05) is 26.0 Å². The van der Waals surface area contributed by atoms with Gasteiger partial charge in [-0.15, -0.1) is 5.10 Å². The number of benzene rings is 2. The predicted octanol–water partition coefficient (Wildman–Crippen LogP) is 2.89. The van der Waals surface area contributed by atoms with Gasteiger partial charge in [0.25, 0.3) is 11.5 Å². The summed E-state index contributed by atoms with van der Waals surface area (Å²) in [4.78, 5) is 24.7. The molecular formula is C23H25N3O6. The van der Waals surface area contributed by atoms with E-state index in [-0.39, 0.29) is 18.0 Å². The van der Waals surface area contributed by atoms with Crippen molar-refractivity contribution in [3.8, 4) is 28.8 Å². The van der Waals surface area contributed by atoms with E-state index in [4.69, 9.17) is 18.9 Å². The minimum absolute atomic E-state index is 0.142. The van der Waals surface area contributed by atoms with Crippen LogP contribution in [0, 0.1) is 13.8 Å². The molecule has 2 aromatic carbocycles. The first-order valence-corrected chi connectivity index (χ1v) is 9.77. The van der Waals surface area contributed by atoms with Crippen LogP contribution >= 0.6 is 0 Å². The number of nitrogens with one attached hydrogen (secondary N) is 1. The van der Waals surface area contributed by atoms with Crippen LogP contribution in [-0.2, 0) is 4.79 Å². The van der Waals surface area contributed by atoms with Gasteiger partial charge in [-0.1, -0.05) is 6.07 Å². The monoisotopic (exact) mass is 439 g/mol. The highest BCUT2D eigenvalue weighted by atomic mass is 16.5. The highest BCUT2D eigenvalue weighted by Crippen LogP contribution is 2.39. The molecule has 0 aliphatic rings. The molecule has 1 N–H and O–H groups in total. The number of carbonyl (C=O) groups is 1. The van der Waals surface area contributed by atoms with Gasteiger partial charge in [-0.05, 0) is 37.1 Å². The highest BCUT2D eigenvalue weighted by molar-refractivity contribution is 5.92. The summed E-state index contributed by atoms with van der Waals surface area (Å²) in [6.07, 6.45) is 0. The number of methoxy groups -OCH3 is 3. The second-order valence-electron chi connectivity index (χ2n) is 6.94. The Morgan fingerprint density at radius 2 is 1.62 bits per heavy atom. The van der Waals surface area contributed by atoms with E-state index in [0.29, 0.717) is 28.6 Å². The van der Waals surface area contributed by atoms with Gasteiger partial charge in [0, 0.05) is 30.0 Å². The molecule has 168 valence electrons. The molecule has 0 aliphatic carbocycles. The number of aryl methyl sites for hydroxylation is 2. The lowest BCUT2D eigenvalue weighted by Gasteiger charge is -2.14. The number of carbonyl (C=O) groups excluding carboxylic acids is 1. The van der Waals surface area contributed by atoms with Crippen LogP contribution in [0.5, 0.6) is 23.1 Å². The number of aromatic nitrogens is 2. The van der Waals surface area contributed by atoms with Gasteiger partial charge in [-0.25, -0.2) is 0 Å². The molecule has 0 atom stereocenters. The smallest absolute Gasteiger partial charge is 0.271 e. The number of rotatable bonds is 8. The summed E-state index contributed by atoms with van der Waals surface area (Å²) >= 11 is 0. The van der Waals surface area contributed by atoms with E-state index in [0.717, 1.165) is 11.1 Å². The molecule has 32 heavy (non-hydrogen) atoms. The van der Waals surface area contributed by atoms with Crippen LogP contribution in [-0.4, -0.2) is 43.6 Å². The molecule has 1 heterocycles. The summed E-state index contributed by atoms with van der Waals surface area (Å²) in [5, 5.41) is 6.92. The molecule has 1 amide bonds. The molecule has 0 bridgehead atoms. The van der Waals surface area contributed by atoms with Crippen molar-refractivity contribution in [1.29, 1.82) is 0 Å². The molecular weight excluding hydrogens is 414 g/mol. The quantitative estimate of drug-likeness (QED) is 0.576. The fourth-order valence-corrected chi connectivity index (χ4v) is 3.00. The second-order valence-corrected chi connectivity index (χ2v) is 6.94. The van der Waals surface area contributed by atoms with Gasteiger partial charge in [0.1, 0.15) is 0 Å². The largest absolute Gasteiger partial charge is 0.493 e. The summed E-state index contributed by atoms with van der Waals surface area (Å²) in [7, 11) is 4.47. The highest BCUT2D eigenvalue weighted by Gasteiger charge is 2.15. The topological polar surface area (TPSA) is 101 Å². The van der Waals surface area contributed by atoms with Crippen LogP contribution in [0.25, 0.3) is 5.69 Å². The molecule has 9 heteroatoms. The standard InChI is InChI=1S/C23H25N3O6/c1-14-6-7-17(10-15(14)2)26-22(28)9-8-21(25-26)32-13-20(27)24-16-11-18(29-3)23(31-5)19(12-16)30-4/h6-12H,13H2,1-5H3,(H,24,27). The van der Waals surface area contributed by atoms with Crippen molar-refractivity contribution in [3.05, 3.63) is 63.9 Å². The lowest BCUT2D eigenvalue weighted by atomic mass is 10.1. The lowest BCUT2D eigenvalue weighted by Crippen LogP contribution is -2.24. The average molecular weight is 439 g/mol.